The summed E-state index contributed by atoms with van der Waals surface area (Å²) in [6.45, 7) is 2.80. The van der Waals surface area contributed by atoms with Crippen molar-refractivity contribution in [3.63, 3.8) is 0 Å². The molecule has 134 valence electrons. The van der Waals surface area contributed by atoms with Crippen molar-refractivity contribution in [2.75, 3.05) is 7.11 Å². The van der Waals surface area contributed by atoms with Crippen LogP contribution in [0.15, 0.2) is 42.7 Å². The molecule has 1 heterocycles. The summed E-state index contributed by atoms with van der Waals surface area (Å²) in [5.41, 5.74) is 1.89. The molecule has 1 unspecified atom stereocenters. The third kappa shape index (κ3) is 5.76. The molecule has 0 radical (unpaired) electrons. The highest BCUT2D eigenvalue weighted by Gasteiger charge is 2.15. The molecular formula is C19H24N2O4. The molecule has 0 aliphatic heterocycles. The number of nitrogens with one attached hydrogen (secondary N) is 1. The number of hydrogen-bond donors (Lipinski definition) is 2. The summed E-state index contributed by atoms with van der Waals surface area (Å²) in [4.78, 5) is 15.3. The number of pyridine rings is 1. The van der Waals surface area contributed by atoms with Gasteiger partial charge in [0.1, 0.15) is 12.6 Å². The second-order valence-electron chi connectivity index (χ2n) is 5.70. The van der Waals surface area contributed by atoms with Crippen LogP contribution in [0.3, 0.4) is 0 Å². The smallest absolute Gasteiger partial charge is 0.320 e. The molecule has 1 aromatic heterocycles. The molecule has 6 heteroatoms. The number of methoxy groups -OCH3 is 1. The van der Waals surface area contributed by atoms with E-state index in [2.05, 4.69) is 10.3 Å². The Balaban J connectivity index is 2.04. The van der Waals surface area contributed by atoms with E-state index in [4.69, 9.17) is 9.47 Å². The lowest BCUT2D eigenvalue weighted by Crippen LogP contribution is -2.35. The van der Waals surface area contributed by atoms with E-state index in [0.717, 1.165) is 17.5 Å². The molecule has 2 rings (SSSR count). The van der Waals surface area contributed by atoms with Gasteiger partial charge in [-0.05, 0) is 30.2 Å². The second kappa shape index (κ2) is 9.64. The predicted molar refractivity (Wildman–Crippen MR) is 94.7 cm³/mol. The summed E-state index contributed by atoms with van der Waals surface area (Å²) >= 11 is 0. The van der Waals surface area contributed by atoms with E-state index < -0.39 is 12.0 Å². The molecule has 0 saturated heterocycles. The summed E-state index contributed by atoms with van der Waals surface area (Å²) in [6, 6.07) is 8.83. The fraction of sp³-hybridized carbons (Fsp3) is 0.368. The van der Waals surface area contributed by atoms with Gasteiger partial charge in [-0.15, -0.1) is 0 Å². The Labute approximate surface area is 147 Å². The van der Waals surface area contributed by atoms with Gasteiger partial charge in [-0.3, -0.25) is 9.78 Å². The van der Waals surface area contributed by atoms with Gasteiger partial charge in [-0.1, -0.05) is 25.5 Å². The van der Waals surface area contributed by atoms with Crippen molar-refractivity contribution in [2.24, 2.45) is 0 Å². The topological polar surface area (TPSA) is 80.7 Å². The third-order valence-corrected chi connectivity index (χ3v) is 3.77. The number of ether oxygens (including phenoxy) is 2. The van der Waals surface area contributed by atoms with E-state index in [1.807, 2.05) is 37.3 Å². The first kappa shape index (κ1) is 18.7. The van der Waals surface area contributed by atoms with Crippen LogP contribution in [0.5, 0.6) is 11.5 Å². The summed E-state index contributed by atoms with van der Waals surface area (Å²) in [5, 5.41) is 12.3. The number of carboxylic acids is 1. The summed E-state index contributed by atoms with van der Waals surface area (Å²) in [7, 11) is 1.59. The van der Waals surface area contributed by atoms with Crippen LogP contribution < -0.4 is 14.8 Å². The van der Waals surface area contributed by atoms with Crippen LogP contribution in [0.4, 0.5) is 0 Å². The molecule has 0 aliphatic rings. The van der Waals surface area contributed by atoms with Crippen LogP contribution in [0.1, 0.15) is 30.9 Å². The SMILES string of the molecule is CCCC(NCc1ccc(OC)c(OCc2cccnc2)c1)C(=O)O. The predicted octanol–water partition coefficient (Wildman–Crippen LogP) is 3.01. The Morgan fingerprint density at radius 3 is 2.76 bits per heavy atom. The van der Waals surface area contributed by atoms with Gasteiger partial charge in [-0.2, -0.15) is 0 Å². The van der Waals surface area contributed by atoms with Gasteiger partial charge >= 0.3 is 5.97 Å². The molecular weight excluding hydrogens is 320 g/mol. The van der Waals surface area contributed by atoms with Crippen molar-refractivity contribution in [3.05, 3.63) is 53.9 Å². The van der Waals surface area contributed by atoms with E-state index >= 15 is 0 Å². The zero-order chi connectivity index (χ0) is 18.1. The van der Waals surface area contributed by atoms with Crippen molar-refractivity contribution >= 4 is 5.97 Å². The van der Waals surface area contributed by atoms with E-state index in [1.54, 1.807) is 19.5 Å². The van der Waals surface area contributed by atoms with Crippen LogP contribution in [0, 0.1) is 0 Å². The van der Waals surface area contributed by atoms with Gasteiger partial charge in [0.15, 0.2) is 11.5 Å². The minimum Gasteiger partial charge on any atom is -0.493 e. The van der Waals surface area contributed by atoms with Crippen molar-refractivity contribution in [1.82, 2.24) is 10.3 Å². The summed E-state index contributed by atoms with van der Waals surface area (Å²) in [5.74, 6) is 0.424. The quantitative estimate of drug-likeness (QED) is 0.690. The molecule has 25 heavy (non-hydrogen) atoms. The number of carboxylic acid groups (broad SMARTS) is 1. The highest BCUT2D eigenvalue weighted by molar-refractivity contribution is 5.73. The molecule has 1 aromatic carbocycles. The van der Waals surface area contributed by atoms with Crippen LogP contribution in [0.2, 0.25) is 0 Å². The van der Waals surface area contributed by atoms with Gasteiger partial charge in [-0.25, -0.2) is 0 Å². The fourth-order valence-corrected chi connectivity index (χ4v) is 2.43. The van der Waals surface area contributed by atoms with Gasteiger partial charge in [0, 0.05) is 24.5 Å². The highest BCUT2D eigenvalue weighted by atomic mass is 16.5. The van der Waals surface area contributed by atoms with E-state index in [-0.39, 0.29) is 0 Å². The number of benzene rings is 1. The highest BCUT2D eigenvalue weighted by Crippen LogP contribution is 2.29. The van der Waals surface area contributed by atoms with Crippen molar-refractivity contribution < 1.29 is 19.4 Å². The molecule has 6 nitrogen and oxygen atoms in total. The van der Waals surface area contributed by atoms with Crippen molar-refractivity contribution in [3.8, 4) is 11.5 Å². The molecule has 2 N–H and O–H groups in total. The molecule has 0 saturated carbocycles. The minimum atomic E-state index is -0.830. The molecule has 0 amide bonds. The van der Waals surface area contributed by atoms with Gasteiger partial charge in [0.2, 0.25) is 0 Å². The lowest BCUT2D eigenvalue weighted by molar-refractivity contribution is -0.139. The van der Waals surface area contributed by atoms with Crippen LogP contribution in [0.25, 0.3) is 0 Å². The Hall–Kier alpha value is -2.60. The molecule has 2 aromatic rings. The Morgan fingerprint density at radius 2 is 2.12 bits per heavy atom. The second-order valence-corrected chi connectivity index (χ2v) is 5.70. The fourth-order valence-electron chi connectivity index (χ4n) is 2.43. The summed E-state index contributed by atoms with van der Waals surface area (Å²) in [6.07, 6.45) is 4.87. The Morgan fingerprint density at radius 1 is 1.28 bits per heavy atom. The first-order valence-corrected chi connectivity index (χ1v) is 8.28. The zero-order valence-corrected chi connectivity index (χ0v) is 14.6. The molecule has 0 aliphatic carbocycles. The number of nitrogens with zero attached hydrogens (tertiary/aromatic N) is 1. The van der Waals surface area contributed by atoms with Crippen molar-refractivity contribution in [1.29, 1.82) is 0 Å². The number of hydrogen-bond acceptors (Lipinski definition) is 5. The third-order valence-electron chi connectivity index (χ3n) is 3.77. The van der Waals surface area contributed by atoms with E-state index in [1.165, 1.54) is 0 Å². The van der Waals surface area contributed by atoms with Gasteiger partial charge in [0.25, 0.3) is 0 Å². The van der Waals surface area contributed by atoms with Crippen LogP contribution in [-0.4, -0.2) is 29.2 Å². The zero-order valence-electron chi connectivity index (χ0n) is 14.6. The van der Waals surface area contributed by atoms with Crippen molar-refractivity contribution in [2.45, 2.75) is 39.0 Å². The normalized spacial score (nSPS) is 11.8. The van der Waals surface area contributed by atoms with Crippen LogP contribution >= 0.6 is 0 Å². The first-order valence-electron chi connectivity index (χ1n) is 8.28. The van der Waals surface area contributed by atoms with Crippen LogP contribution in [-0.2, 0) is 17.9 Å². The molecule has 0 fully saturated rings. The monoisotopic (exact) mass is 344 g/mol. The summed E-state index contributed by atoms with van der Waals surface area (Å²) < 4.78 is 11.2. The number of carbonyl (C=O) groups is 1. The van der Waals surface area contributed by atoms with Gasteiger partial charge < -0.3 is 19.9 Å². The molecule has 0 spiro atoms. The lowest BCUT2D eigenvalue weighted by atomic mass is 10.1. The maximum absolute atomic E-state index is 11.2. The average molecular weight is 344 g/mol. The maximum Gasteiger partial charge on any atom is 0.320 e. The molecule has 1 atom stereocenters. The van der Waals surface area contributed by atoms with E-state index in [9.17, 15) is 9.90 Å². The lowest BCUT2D eigenvalue weighted by Gasteiger charge is -2.15. The minimum absolute atomic E-state index is 0.384. The maximum atomic E-state index is 11.2. The average Bonchev–Trinajstić information content (AvgIpc) is 2.64. The number of rotatable bonds is 10. The Kier molecular flexibility index (Phi) is 7.22. The van der Waals surface area contributed by atoms with Gasteiger partial charge in [0.05, 0.1) is 7.11 Å². The standard InChI is InChI=1S/C19H24N2O4/c1-3-5-16(19(22)23)21-12-14-7-8-17(24-2)18(10-14)25-13-15-6-4-9-20-11-15/h4,6-11,16,21H,3,5,12-13H2,1-2H3,(H,22,23). The first-order chi connectivity index (χ1) is 12.1. The molecule has 0 bridgehead atoms. The number of aromatic nitrogens is 1. The largest absolute Gasteiger partial charge is 0.493 e. The van der Waals surface area contributed by atoms with E-state index in [0.29, 0.717) is 31.1 Å². The number of aliphatic carboxylic acids is 1. The Bertz CT molecular complexity index is 676.